The lowest BCUT2D eigenvalue weighted by atomic mass is 10.1. The van der Waals surface area contributed by atoms with Gasteiger partial charge in [-0.1, -0.05) is 84.1 Å². The Morgan fingerprint density at radius 2 is 1.75 bits per heavy atom. The van der Waals surface area contributed by atoms with Gasteiger partial charge < -0.3 is 9.47 Å². The Balaban J connectivity index is 1.75. The van der Waals surface area contributed by atoms with Crippen molar-refractivity contribution in [2.75, 3.05) is 12.9 Å². The molecule has 4 nitrogen and oxygen atoms in total. The molecule has 2 aromatic rings. The summed E-state index contributed by atoms with van der Waals surface area (Å²) >= 11 is 8.00. The van der Waals surface area contributed by atoms with E-state index in [0.29, 0.717) is 9.28 Å². The molecule has 0 spiro atoms. The van der Waals surface area contributed by atoms with E-state index in [-0.39, 0.29) is 25.0 Å². The molecule has 28 heavy (non-hydrogen) atoms. The molecule has 0 bridgehead atoms. The van der Waals surface area contributed by atoms with Crippen molar-refractivity contribution in [3.63, 3.8) is 0 Å². The minimum atomic E-state index is -0.514. The Hall–Kier alpha value is -1.83. The molecule has 0 fully saturated rings. The van der Waals surface area contributed by atoms with Crippen molar-refractivity contribution in [2.45, 2.75) is 25.2 Å². The average molecular weight is 435 g/mol. The van der Waals surface area contributed by atoms with Gasteiger partial charge in [0.25, 0.3) is 0 Å². The number of methoxy groups -OCH3 is 1. The van der Waals surface area contributed by atoms with Crippen LogP contribution in [-0.2, 0) is 25.7 Å². The normalized spacial score (nSPS) is 11.5. The van der Waals surface area contributed by atoms with E-state index in [1.165, 1.54) is 36.2 Å². The molecule has 148 valence electrons. The van der Waals surface area contributed by atoms with Crippen LogP contribution in [0.2, 0.25) is 0 Å². The quantitative estimate of drug-likeness (QED) is 0.423. The number of esters is 2. The summed E-state index contributed by atoms with van der Waals surface area (Å²) in [6, 6.07) is 17.2. The molecule has 0 heterocycles. The number of hydrogen-bond acceptors (Lipinski definition) is 7. The lowest BCUT2D eigenvalue weighted by Crippen LogP contribution is -2.12. The van der Waals surface area contributed by atoms with Gasteiger partial charge in [0.05, 0.1) is 13.5 Å². The average Bonchev–Trinajstić information content (AvgIpc) is 2.71. The highest BCUT2D eigenvalue weighted by atomic mass is 32.2. The van der Waals surface area contributed by atoms with E-state index >= 15 is 0 Å². The number of thiocarbonyl (C=S) groups is 1. The van der Waals surface area contributed by atoms with Crippen molar-refractivity contribution in [2.24, 2.45) is 0 Å². The number of carbonyl (C=O) groups is 2. The molecule has 1 atom stereocenters. The van der Waals surface area contributed by atoms with Gasteiger partial charge in [0.1, 0.15) is 15.4 Å². The molecular formula is C21H22O4S3. The van der Waals surface area contributed by atoms with Crippen LogP contribution in [-0.4, -0.2) is 28.3 Å². The molecule has 0 aliphatic carbocycles. The van der Waals surface area contributed by atoms with E-state index in [2.05, 4.69) is 0 Å². The molecule has 0 saturated carbocycles. The number of ether oxygens (including phenoxy) is 2. The monoisotopic (exact) mass is 434 g/mol. The topological polar surface area (TPSA) is 52.6 Å². The fourth-order valence-corrected chi connectivity index (χ4v) is 4.72. The first-order chi connectivity index (χ1) is 13.5. The van der Waals surface area contributed by atoms with E-state index in [1.54, 1.807) is 0 Å². The zero-order chi connectivity index (χ0) is 20.4. The first-order valence-corrected chi connectivity index (χ1v) is 10.9. The van der Waals surface area contributed by atoms with Crippen molar-refractivity contribution in [1.82, 2.24) is 0 Å². The lowest BCUT2D eigenvalue weighted by Gasteiger charge is -2.14. The van der Waals surface area contributed by atoms with Crippen LogP contribution in [0.15, 0.2) is 54.6 Å². The summed E-state index contributed by atoms with van der Waals surface area (Å²) in [4.78, 5) is 24.0. The maximum atomic E-state index is 12.1. The van der Waals surface area contributed by atoms with Crippen molar-refractivity contribution >= 4 is 51.2 Å². The van der Waals surface area contributed by atoms with Crippen LogP contribution in [0.4, 0.5) is 0 Å². The van der Waals surface area contributed by atoms with Gasteiger partial charge in [-0.3, -0.25) is 9.59 Å². The number of carbonyl (C=O) groups excluding carboxylic acids is 2. The smallest absolute Gasteiger partial charge is 0.323 e. The van der Waals surface area contributed by atoms with Crippen LogP contribution in [0.25, 0.3) is 0 Å². The molecule has 0 N–H and O–H groups in total. The van der Waals surface area contributed by atoms with Crippen LogP contribution in [0.1, 0.15) is 28.4 Å². The van der Waals surface area contributed by atoms with E-state index in [9.17, 15) is 9.59 Å². The van der Waals surface area contributed by atoms with Crippen molar-refractivity contribution in [3.05, 3.63) is 71.3 Å². The van der Waals surface area contributed by atoms with E-state index in [0.717, 1.165) is 11.1 Å². The fraction of sp³-hybridized carbons (Fsp3) is 0.286. The molecule has 7 heteroatoms. The van der Waals surface area contributed by atoms with Crippen LogP contribution in [0.5, 0.6) is 0 Å². The highest BCUT2D eigenvalue weighted by Gasteiger charge is 2.24. The second kappa shape index (κ2) is 11.9. The number of rotatable bonds is 8. The molecule has 0 aliphatic heterocycles. The van der Waals surface area contributed by atoms with Crippen molar-refractivity contribution in [1.29, 1.82) is 0 Å². The molecule has 2 aromatic carbocycles. The summed E-state index contributed by atoms with van der Waals surface area (Å²) in [6.07, 6.45) is 0.255. The van der Waals surface area contributed by atoms with Crippen molar-refractivity contribution in [3.8, 4) is 0 Å². The van der Waals surface area contributed by atoms with Gasteiger partial charge in [0, 0.05) is 5.75 Å². The first-order valence-electron chi connectivity index (χ1n) is 8.67. The third-order valence-electron chi connectivity index (χ3n) is 3.78. The number of thioether (sulfide) groups is 2. The maximum Gasteiger partial charge on any atom is 0.323 e. The zero-order valence-electron chi connectivity index (χ0n) is 15.8. The molecule has 0 radical (unpaired) electrons. The summed E-state index contributed by atoms with van der Waals surface area (Å²) in [5.74, 6) is -0.119. The second-order valence-corrected chi connectivity index (χ2v) is 9.33. The van der Waals surface area contributed by atoms with Gasteiger partial charge in [0.15, 0.2) is 0 Å². The van der Waals surface area contributed by atoms with Crippen LogP contribution in [0.3, 0.4) is 0 Å². The van der Waals surface area contributed by atoms with Crippen LogP contribution >= 0.6 is 35.7 Å². The Kier molecular flexibility index (Phi) is 9.54. The standard InChI is InChI=1S/C21H22O4S3/c1-15-8-10-16(11-9-15)14-25-18(22)12-13-27-21(26)28-19(20(23)24-2)17-6-4-3-5-7-17/h3-11,19H,12-14H2,1-2H3. The summed E-state index contributed by atoms with van der Waals surface area (Å²) in [5, 5.41) is -0.514. The van der Waals surface area contributed by atoms with Gasteiger partial charge in [0.2, 0.25) is 0 Å². The molecule has 2 rings (SSSR count). The Morgan fingerprint density at radius 3 is 2.39 bits per heavy atom. The number of benzene rings is 2. The summed E-state index contributed by atoms with van der Waals surface area (Å²) in [7, 11) is 1.36. The minimum Gasteiger partial charge on any atom is -0.468 e. The summed E-state index contributed by atoms with van der Waals surface area (Å²) in [6.45, 7) is 2.28. The van der Waals surface area contributed by atoms with Gasteiger partial charge in [-0.15, -0.1) is 11.8 Å². The Bertz CT molecular complexity index is 791. The second-order valence-electron chi connectivity index (χ2n) is 5.93. The minimum absolute atomic E-state index is 0.255. The van der Waals surface area contributed by atoms with E-state index in [1.807, 2.05) is 61.5 Å². The fourth-order valence-electron chi connectivity index (χ4n) is 2.26. The van der Waals surface area contributed by atoms with Gasteiger partial charge in [-0.05, 0) is 18.1 Å². The summed E-state index contributed by atoms with van der Waals surface area (Å²) in [5.41, 5.74) is 2.96. The number of aryl methyl sites for hydroxylation is 1. The van der Waals surface area contributed by atoms with E-state index in [4.69, 9.17) is 21.7 Å². The predicted molar refractivity (Wildman–Crippen MR) is 119 cm³/mol. The third kappa shape index (κ3) is 7.66. The Labute approximate surface area is 179 Å². The molecule has 0 aromatic heterocycles. The zero-order valence-corrected chi connectivity index (χ0v) is 18.2. The third-order valence-corrected chi connectivity index (χ3v) is 6.60. The SMILES string of the molecule is COC(=O)C(SC(=S)SCCC(=O)OCc1ccc(C)cc1)c1ccccc1. The molecule has 1 unspecified atom stereocenters. The molecule has 0 aliphatic rings. The Morgan fingerprint density at radius 1 is 1.07 bits per heavy atom. The van der Waals surface area contributed by atoms with E-state index < -0.39 is 5.25 Å². The highest BCUT2D eigenvalue weighted by Crippen LogP contribution is 2.34. The van der Waals surface area contributed by atoms with Crippen molar-refractivity contribution < 1.29 is 19.1 Å². The maximum absolute atomic E-state index is 12.1. The lowest BCUT2D eigenvalue weighted by molar-refractivity contribution is -0.144. The van der Waals surface area contributed by atoms with Crippen LogP contribution < -0.4 is 0 Å². The predicted octanol–water partition coefficient (Wildman–Crippen LogP) is 5.09. The molecular weight excluding hydrogens is 412 g/mol. The van der Waals surface area contributed by atoms with Gasteiger partial charge in [-0.2, -0.15) is 0 Å². The highest BCUT2D eigenvalue weighted by molar-refractivity contribution is 8.47. The van der Waals surface area contributed by atoms with Crippen LogP contribution in [0, 0.1) is 6.92 Å². The number of hydrogen-bond donors (Lipinski definition) is 0. The summed E-state index contributed by atoms with van der Waals surface area (Å²) < 4.78 is 10.8. The van der Waals surface area contributed by atoms with Gasteiger partial charge >= 0.3 is 11.9 Å². The van der Waals surface area contributed by atoms with Gasteiger partial charge in [-0.25, -0.2) is 0 Å². The largest absolute Gasteiger partial charge is 0.468 e. The first kappa shape index (κ1) is 22.5. The molecule has 0 saturated heterocycles. The molecule has 0 amide bonds.